The minimum absolute atomic E-state index is 0.0569. The average molecular weight is 339 g/mol. The summed E-state index contributed by atoms with van der Waals surface area (Å²) < 4.78 is 2.00. The van der Waals surface area contributed by atoms with Gasteiger partial charge in [0.05, 0.1) is 12.4 Å². The molecular formula is C20H25N3O2. The molecule has 1 unspecified atom stereocenters. The summed E-state index contributed by atoms with van der Waals surface area (Å²) >= 11 is 0. The molecule has 1 aromatic carbocycles. The number of rotatable bonds is 7. The van der Waals surface area contributed by atoms with Gasteiger partial charge in [0.1, 0.15) is 0 Å². The van der Waals surface area contributed by atoms with Gasteiger partial charge in [-0.25, -0.2) is 4.98 Å². The molecule has 0 spiro atoms. The molecule has 1 aliphatic rings. The van der Waals surface area contributed by atoms with Crippen molar-refractivity contribution < 1.29 is 9.90 Å². The summed E-state index contributed by atoms with van der Waals surface area (Å²) in [5, 5.41) is 10.4. The summed E-state index contributed by atoms with van der Waals surface area (Å²) in [6.45, 7) is 5.49. The van der Waals surface area contributed by atoms with Crippen molar-refractivity contribution in [1.29, 1.82) is 0 Å². The summed E-state index contributed by atoms with van der Waals surface area (Å²) in [6.07, 6.45) is 7.01. The summed E-state index contributed by atoms with van der Waals surface area (Å²) in [7, 11) is 0. The second kappa shape index (κ2) is 7.55. The van der Waals surface area contributed by atoms with Crippen LogP contribution in [-0.2, 0) is 17.8 Å². The molecule has 132 valence electrons. The van der Waals surface area contributed by atoms with Crippen molar-refractivity contribution in [2.45, 2.75) is 39.3 Å². The van der Waals surface area contributed by atoms with Crippen LogP contribution in [-0.4, -0.2) is 38.1 Å². The number of aliphatic hydroxyl groups is 1. The lowest BCUT2D eigenvalue weighted by molar-refractivity contribution is -0.129. The van der Waals surface area contributed by atoms with Crippen LogP contribution in [0.25, 0.3) is 0 Å². The number of hydrogen-bond acceptors (Lipinski definition) is 3. The van der Waals surface area contributed by atoms with Gasteiger partial charge in [0.2, 0.25) is 0 Å². The van der Waals surface area contributed by atoms with Gasteiger partial charge in [0.25, 0.3) is 5.91 Å². The molecule has 25 heavy (non-hydrogen) atoms. The molecule has 0 radical (unpaired) electrons. The molecule has 5 nitrogen and oxygen atoms in total. The van der Waals surface area contributed by atoms with E-state index >= 15 is 0 Å². The normalized spacial score (nSPS) is 17.8. The van der Waals surface area contributed by atoms with Crippen LogP contribution in [0.1, 0.15) is 25.8 Å². The van der Waals surface area contributed by atoms with E-state index in [2.05, 4.69) is 17.1 Å². The third-order valence-electron chi connectivity index (χ3n) is 4.74. The van der Waals surface area contributed by atoms with Crippen molar-refractivity contribution in [3.63, 3.8) is 0 Å². The molecule has 1 N–H and O–H groups in total. The lowest BCUT2D eigenvalue weighted by atomic mass is 9.92. The molecule has 2 aromatic rings. The Kier molecular flexibility index (Phi) is 5.22. The maximum atomic E-state index is 12.6. The molecule has 1 aliphatic heterocycles. The standard InChI is InChI=1S/C20H25N3O2/c1-15(2)18-17(13-16-7-4-3-5-8-16)23(20(25)19(18)24)11-6-10-22-12-9-21-14-22/h3-5,7-9,12,14-15,17,24H,6,10-11,13H2,1-2H3. The Bertz CT molecular complexity index is 736. The third kappa shape index (κ3) is 3.76. The molecule has 1 atom stereocenters. The largest absolute Gasteiger partial charge is 0.503 e. The van der Waals surface area contributed by atoms with Crippen molar-refractivity contribution >= 4 is 5.91 Å². The first-order valence-corrected chi connectivity index (χ1v) is 8.81. The van der Waals surface area contributed by atoms with E-state index in [1.54, 1.807) is 12.5 Å². The van der Waals surface area contributed by atoms with Gasteiger partial charge in [-0.2, -0.15) is 0 Å². The Balaban J connectivity index is 1.75. The Morgan fingerprint density at radius 3 is 2.60 bits per heavy atom. The highest BCUT2D eigenvalue weighted by Gasteiger charge is 2.39. The molecule has 1 amide bonds. The number of hydrogen-bond donors (Lipinski definition) is 1. The molecule has 0 bridgehead atoms. The molecule has 3 rings (SSSR count). The Labute approximate surface area is 148 Å². The fourth-order valence-corrected chi connectivity index (χ4v) is 3.54. The minimum atomic E-state index is -0.240. The topological polar surface area (TPSA) is 58.4 Å². The zero-order valence-corrected chi connectivity index (χ0v) is 14.8. The van der Waals surface area contributed by atoms with Gasteiger partial charge in [0.15, 0.2) is 5.76 Å². The summed E-state index contributed by atoms with van der Waals surface area (Å²) in [6, 6.07) is 10.1. The van der Waals surface area contributed by atoms with Crippen LogP contribution < -0.4 is 0 Å². The average Bonchev–Trinajstić information content (AvgIpc) is 3.18. The highest BCUT2D eigenvalue weighted by Crippen LogP contribution is 2.32. The van der Waals surface area contributed by atoms with Gasteiger partial charge in [-0.3, -0.25) is 4.79 Å². The number of carbonyl (C=O) groups is 1. The molecule has 0 saturated heterocycles. The minimum Gasteiger partial charge on any atom is -0.503 e. The van der Waals surface area contributed by atoms with Gasteiger partial charge in [-0.15, -0.1) is 0 Å². The summed E-state index contributed by atoms with van der Waals surface area (Å²) in [4.78, 5) is 18.5. The van der Waals surface area contributed by atoms with Crippen molar-refractivity contribution in [2.24, 2.45) is 5.92 Å². The molecule has 1 aromatic heterocycles. The van der Waals surface area contributed by atoms with Crippen molar-refractivity contribution in [3.8, 4) is 0 Å². The maximum Gasteiger partial charge on any atom is 0.289 e. The highest BCUT2D eigenvalue weighted by molar-refractivity contribution is 5.95. The molecule has 2 heterocycles. The van der Waals surface area contributed by atoms with Gasteiger partial charge >= 0.3 is 0 Å². The first-order valence-electron chi connectivity index (χ1n) is 8.81. The zero-order chi connectivity index (χ0) is 17.8. The van der Waals surface area contributed by atoms with Crippen LogP contribution in [0.3, 0.4) is 0 Å². The molecule has 5 heteroatoms. The zero-order valence-electron chi connectivity index (χ0n) is 14.8. The van der Waals surface area contributed by atoms with Crippen LogP contribution in [0.5, 0.6) is 0 Å². The molecule has 0 aliphatic carbocycles. The number of aromatic nitrogens is 2. The van der Waals surface area contributed by atoms with E-state index in [1.807, 2.05) is 47.7 Å². The Hall–Kier alpha value is -2.56. The number of carbonyl (C=O) groups excluding carboxylic acids is 1. The fraction of sp³-hybridized carbons (Fsp3) is 0.400. The van der Waals surface area contributed by atoms with Crippen molar-refractivity contribution in [1.82, 2.24) is 14.5 Å². The smallest absolute Gasteiger partial charge is 0.289 e. The predicted molar refractivity (Wildman–Crippen MR) is 97.0 cm³/mol. The SMILES string of the molecule is CC(C)C1=C(O)C(=O)N(CCCn2ccnc2)C1Cc1ccccc1. The second-order valence-electron chi connectivity index (χ2n) is 6.82. The van der Waals surface area contributed by atoms with Gasteiger partial charge in [0, 0.05) is 31.1 Å². The number of aliphatic hydroxyl groups excluding tert-OH is 1. The Morgan fingerprint density at radius 1 is 1.20 bits per heavy atom. The van der Waals surface area contributed by atoms with E-state index in [0.717, 1.165) is 25.0 Å². The van der Waals surface area contributed by atoms with Gasteiger partial charge < -0.3 is 14.6 Å². The highest BCUT2D eigenvalue weighted by atomic mass is 16.3. The van der Waals surface area contributed by atoms with Crippen molar-refractivity contribution in [2.75, 3.05) is 6.54 Å². The fourth-order valence-electron chi connectivity index (χ4n) is 3.54. The van der Waals surface area contributed by atoms with Crippen LogP contribution in [0.15, 0.2) is 60.4 Å². The van der Waals surface area contributed by atoms with E-state index in [1.165, 1.54) is 5.56 Å². The summed E-state index contributed by atoms with van der Waals surface area (Å²) in [5.74, 6) is -0.162. The first kappa shape index (κ1) is 17.3. The van der Waals surface area contributed by atoms with E-state index in [9.17, 15) is 9.90 Å². The number of amides is 1. The quantitative estimate of drug-likeness (QED) is 0.843. The Morgan fingerprint density at radius 2 is 1.96 bits per heavy atom. The molecular weight excluding hydrogens is 314 g/mol. The van der Waals surface area contributed by atoms with Gasteiger partial charge in [-0.05, 0) is 24.3 Å². The van der Waals surface area contributed by atoms with E-state index in [4.69, 9.17) is 0 Å². The second-order valence-corrected chi connectivity index (χ2v) is 6.82. The monoisotopic (exact) mass is 339 g/mol. The maximum absolute atomic E-state index is 12.6. The van der Waals surface area contributed by atoms with Crippen LogP contribution in [0.4, 0.5) is 0 Å². The lowest BCUT2D eigenvalue weighted by Gasteiger charge is -2.28. The number of aryl methyl sites for hydroxylation is 1. The van der Waals surface area contributed by atoms with E-state index < -0.39 is 0 Å². The molecule has 0 fully saturated rings. The lowest BCUT2D eigenvalue weighted by Crippen LogP contribution is -2.39. The number of nitrogens with zero attached hydrogens (tertiary/aromatic N) is 3. The first-order chi connectivity index (χ1) is 12.1. The van der Waals surface area contributed by atoms with Crippen LogP contribution >= 0.6 is 0 Å². The number of imidazole rings is 1. The predicted octanol–water partition coefficient (Wildman–Crippen LogP) is 3.19. The molecule has 0 saturated carbocycles. The van der Waals surface area contributed by atoms with Crippen LogP contribution in [0.2, 0.25) is 0 Å². The van der Waals surface area contributed by atoms with E-state index in [0.29, 0.717) is 6.54 Å². The summed E-state index contributed by atoms with van der Waals surface area (Å²) in [5.41, 5.74) is 2.03. The van der Waals surface area contributed by atoms with Gasteiger partial charge in [-0.1, -0.05) is 44.2 Å². The van der Waals surface area contributed by atoms with Crippen molar-refractivity contribution in [3.05, 3.63) is 65.9 Å². The number of benzene rings is 1. The van der Waals surface area contributed by atoms with E-state index in [-0.39, 0.29) is 23.6 Å². The van der Waals surface area contributed by atoms with Crippen LogP contribution in [0, 0.1) is 5.92 Å². The third-order valence-corrected chi connectivity index (χ3v) is 4.74.